The second-order valence-electron chi connectivity index (χ2n) is 3.89. The van der Waals surface area contributed by atoms with E-state index in [4.69, 9.17) is 9.84 Å². The lowest BCUT2D eigenvalue weighted by Crippen LogP contribution is -2.48. The summed E-state index contributed by atoms with van der Waals surface area (Å²) < 4.78 is 30.6. The molecule has 5 nitrogen and oxygen atoms in total. The highest BCUT2D eigenvalue weighted by Gasteiger charge is 2.31. The summed E-state index contributed by atoms with van der Waals surface area (Å²) in [5.41, 5.74) is 0. The highest BCUT2D eigenvalue weighted by molar-refractivity contribution is 7.89. The van der Waals surface area contributed by atoms with Gasteiger partial charge in [0.1, 0.15) is 0 Å². The van der Waals surface area contributed by atoms with Gasteiger partial charge in [0, 0.05) is 19.8 Å². The van der Waals surface area contributed by atoms with Crippen LogP contribution >= 0.6 is 0 Å². The first-order valence-electron chi connectivity index (χ1n) is 5.21. The van der Waals surface area contributed by atoms with Crippen molar-refractivity contribution in [1.29, 1.82) is 0 Å². The Bertz CT molecular complexity index is 272. The number of hydrogen-bond acceptors (Lipinski definition) is 4. The summed E-state index contributed by atoms with van der Waals surface area (Å²) in [5.74, 6) is 0.0989. The molecule has 0 spiro atoms. The molecule has 15 heavy (non-hydrogen) atoms. The lowest BCUT2D eigenvalue weighted by molar-refractivity contribution is 0.0236. The summed E-state index contributed by atoms with van der Waals surface area (Å²) in [6.07, 6.45) is 2.76. The molecular weight excluding hydrogens is 218 g/mol. The number of aliphatic hydroxyl groups excluding tert-OH is 1. The minimum absolute atomic E-state index is 0.0362. The predicted molar refractivity (Wildman–Crippen MR) is 57.1 cm³/mol. The third-order valence-corrected chi connectivity index (χ3v) is 4.11. The zero-order valence-electron chi connectivity index (χ0n) is 8.98. The average Bonchev–Trinajstić information content (AvgIpc) is 2.11. The number of sulfonamides is 1. The number of nitrogens with one attached hydrogen (secondary N) is 1. The van der Waals surface area contributed by atoms with Crippen LogP contribution in [0.5, 0.6) is 0 Å². The van der Waals surface area contributed by atoms with Gasteiger partial charge in [0.15, 0.2) is 0 Å². The number of unbranched alkanes of at least 4 members (excludes halogenated alkanes) is 1. The Balaban J connectivity index is 2.19. The van der Waals surface area contributed by atoms with E-state index in [1.54, 1.807) is 7.11 Å². The Hall–Kier alpha value is -0.170. The van der Waals surface area contributed by atoms with Crippen molar-refractivity contribution >= 4 is 10.0 Å². The molecule has 1 aliphatic carbocycles. The van der Waals surface area contributed by atoms with Crippen LogP contribution in [0, 0.1) is 0 Å². The molecule has 0 aromatic rings. The fourth-order valence-electron chi connectivity index (χ4n) is 1.57. The summed E-state index contributed by atoms with van der Waals surface area (Å²) in [6, 6.07) is 0.0362. The molecular formula is C9H19NO4S. The number of methoxy groups -OCH3 is 1. The van der Waals surface area contributed by atoms with Crippen LogP contribution in [0.2, 0.25) is 0 Å². The monoisotopic (exact) mass is 237 g/mol. The van der Waals surface area contributed by atoms with E-state index in [0.717, 1.165) is 12.8 Å². The van der Waals surface area contributed by atoms with Crippen molar-refractivity contribution in [3.8, 4) is 0 Å². The maximum atomic E-state index is 11.5. The maximum Gasteiger partial charge on any atom is 0.211 e. The molecule has 1 rings (SSSR count). The molecule has 1 saturated carbocycles. The number of ether oxygens (including phenoxy) is 1. The minimum atomic E-state index is -3.16. The zero-order valence-corrected chi connectivity index (χ0v) is 9.79. The maximum absolute atomic E-state index is 11.5. The second kappa shape index (κ2) is 5.79. The Labute approximate surface area is 90.9 Å². The van der Waals surface area contributed by atoms with Crippen molar-refractivity contribution in [1.82, 2.24) is 4.72 Å². The number of hydrogen-bond donors (Lipinski definition) is 2. The fourth-order valence-corrected chi connectivity index (χ4v) is 2.97. The first-order chi connectivity index (χ1) is 7.07. The highest BCUT2D eigenvalue weighted by atomic mass is 32.2. The SMILES string of the molecule is COC1CC(NS(=O)(=O)CCCCO)C1. The van der Waals surface area contributed by atoms with Crippen molar-refractivity contribution < 1.29 is 18.3 Å². The van der Waals surface area contributed by atoms with E-state index in [0.29, 0.717) is 12.8 Å². The van der Waals surface area contributed by atoms with E-state index in [2.05, 4.69) is 4.72 Å². The fraction of sp³-hybridized carbons (Fsp3) is 1.00. The molecule has 2 N–H and O–H groups in total. The van der Waals surface area contributed by atoms with Crippen LogP contribution in [0.3, 0.4) is 0 Å². The van der Waals surface area contributed by atoms with Crippen LogP contribution < -0.4 is 4.72 Å². The number of rotatable bonds is 7. The molecule has 0 saturated heterocycles. The van der Waals surface area contributed by atoms with E-state index in [1.807, 2.05) is 0 Å². The van der Waals surface area contributed by atoms with Gasteiger partial charge < -0.3 is 9.84 Å². The van der Waals surface area contributed by atoms with Gasteiger partial charge >= 0.3 is 0 Å². The molecule has 0 atom stereocenters. The van der Waals surface area contributed by atoms with Crippen molar-refractivity contribution in [2.24, 2.45) is 0 Å². The Morgan fingerprint density at radius 2 is 2.07 bits per heavy atom. The Morgan fingerprint density at radius 1 is 1.40 bits per heavy atom. The predicted octanol–water partition coefficient (Wildman–Crippen LogP) is -0.144. The summed E-state index contributed by atoms with van der Waals surface area (Å²) >= 11 is 0. The van der Waals surface area contributed by atoms with Crippen molar-refractivity contribution in [3.63, 3.8) is 0 Å². The normalized spacial score (nSPS) is 26.3. The van der Waals surface area contributed by atoms with Crippen molar-refractivity contribution in [3.05, 3.63) is 0 Å². The van der Waals surface area contributed by atoms with E-state index in [9.17, 15) is 8.42 Å². The zero-order chi connectivity index (χ0) is 11.3. The molecule has 1 aliphatic rings. The van der Waals surface area contributed by atoms with Crippen LogP contribution in [0.4, 0.5) is 0 Å². The van der Waals surface area contributed by atoms with E-state index in [1.165, 1.54) is 0 Å². The van der Waals surface area contributed by atoms with Gasteiger partial charge in [0.2, 0.25) is 10.0 Å². The molecule has 0 amide bonds. The Kier molecular flexibility index (Phi) is 4.98. The summed E-state index contributed by atoms with van der Waals surface area (Å²) in [7, 11) is -1.53. The lowest BCUT2D eigenvalue weighted by Gasteiger charge is -2.34. The molecule has 90 valence electrons. The molecule has 1 fully saturated rings. The standard InChI is InChI=1S/C9H19NO4S/c1-14-9-6-8(7-9)10-15(12,13)5-3-2-4-11/h8-11H,2-7H2,1H3. The molecule has 6 heteroatoms. The number of aliphatic hydroxyl groups is 1. The van der Waals surface area contributed by atoms with Crippen molar-refractivity contribution in [2.45, 2.75) is 37.8 Å². The first kappa shape index (κ1) is 12.9. The summed E-state index contributed by atoms with van der Waals surface area (Å²) in [5, 5.41) is 8.54. The van der Waals surface area contributed by atoms with E-state index < -0.39 is 10.0 Å². The van der Waals surface area contributed by atoms with Gasteiger partial charge in [-0.1, -0.05) is 0 Å². The summed E-state index contributed by atoms with van der Waals surface area (Å²) in [4.78, 5) is 0. The third-order valence-electron chi connectivity index (χ3n) is 2.60. The van der Waals surface area contributed by atoms with Gasteiger partial charge in [-0.2, -0.15) is 0 Å². The van der Waals surface area contributed by atoms with Gasteiger partial charge in [0.25, 0.3) is 0 Å². The van der Waals surface area contributed by atoms with E-state index in [-0.39, 0.29) is 24.5 Å². The van der Waals surface area contributed by atoms with Gasteiger partial charge in [-0.15, -0.1) is 0 Å². The molecule has 0 radical (unpaired) electrons. The van der Waals surface area contributed by atoms with Gasteiger partial charge in [0.05, 0.1) is 11.9 Å². The molecule has 0 aliphatic heterocycles. The van der Waals surface area contributed by atoms with Gasteiger partial charge in [-0.3, -0.25) is 0 Å². The third kappa shape index (κ3) is 4.46. The summed E-state index contributed by atoms with van der Waals surface area (Å²) in [6.45, 7) is 0.0463. The average molecular weight is 237 g/mol. The van der Waals surface area contributed by atoms with Crippen LogP contribution in [-0.2, 0) is 14.8 Å². The quantitative estimate of drug-likeness (QED) is 0.604. The van der Waals surface area contributed by atoms with Gasteiger partial charge in [-0.25, -0.2) is 13.1 Å². The molecule has 0 unspecified atom stereocenters. The lowest BCUT2D eigenvalue weighted by atomic mass is 9.90. The van der Waals surface area contributed by atoms with Crippen LogP contribution in [0.25, 0.3) is 0 Å². The van der Waals surface area contributed by atoms with Crippen molar-refractivity contribution in [2.75, 3.05) is 19.5 Å². The first-order valence-corrected chi connectivity index (χ1v) is 6.86. The Morgan fingerprint density at radius 3 is 2.60 bits per heavy atom. The minimum Gasteiger partial charge on any atom is -0.396 e. The van der Waals surface area contributed by atoms with Gasteiger partial charge in [-0.05, 0) is 25.7 Å². The molecule has 0 aromatic carbocycles. The second-order valence-corrected chi connectivity index (χ2v) is 5.77. The smallest absolute Gasteiger partial charge is 0.211 e. The molecule has 0 heterocycles. The van der Waals surface area contributed by atoms with Crippen LogP contribution in [-0.4, -0.2) is 45.1 Å². The van der Waals surface area contributed by atoms with Crippen LogP contribution in [0.1, 0.15) is 25.7 Å². The van der Waals surface area contributed by atoms with E-state index >= 15 is 0 Å². The van der Waals surface area contributed by atoms with Crippen LogP contribution in [0.15, 0.2) is 0 Å². The highest BCUT2D eigenvalue weighted by Crippen LogP contribution is 2.23. The largest absolute Gasteiger partial charge is 0.396 e. The molecule has 0 bridgehead atoms. The topological polar surface area (TPSA) is 75.6 Å². The molecule has 0 aromatic heterocycles.